The van der Waals surface area contributed by atoms with E-state index in [2.05, 4.69) is 20.6 Å². The second kappa shape index (κ2) is 6.38. The van der Waals surface area contributed by atoms with Gasteiger partial charge in [0.25, 0.3) is 5.91 Å². The van der Waals surface area contributed by atoms with Crippen LogP contribution in [0.3, 0.4) is 0 Å². The topological polar surface area (TPSA) is 101 Å². The molecule has 0 aromatic carbocycles. The smallest absolute Gasteiger partial charge is 0.270 e. The van der Waals surface area contributed by atoms with Gasteiger partial charge in [0.2, 0.25) is 0 Å². The Hall–Kier alpha value is -1.70. The normalized spacial score (nSPS) is 21.7. The number of hydrogen-bond donors (Lipinski definition) is 2. The number of carbonyl (C=O) groups excluding carboxylic acids is 1. The van der Waals surface area contributed by atoms with E-state index in [1.54, 1.807) is 6.07 Å². The Morgan fingerprint density at radius 2 is 2.24 bits per heavy atom. The minimum absolute atomic E-state index is 0.00179. The highest BCUT2D eigenvalue weighted by molar-refractivity contribution is 7.91. The summed E-state index contributed by atoms with van der Waals surface area (Å²) < 4.78 is 22.8. The molecule has 1 aliphatic rings. The maximum Gasteiger partial charge on any atom is 0.270 e. The van der Waals surface area contributed by atoms with Gasteiger partial charge < -0.3 is 10.6 Å². The molecule has 1 aliphatic heterocycles. The van der Waals surface area contributed by atoms with E-state index < -0.39 is 9.84 Å². The fourth-order valence-corrected chi connectivity index (χ4v) is 3.76. The number of sulfone groups is 1. The second-order valence-corrected chi connectivity index (χ2v) is 7.54. The maximum absolute atomic E-state index is 12.1. The molecule has 0 radical (unpaired) electrons. The molecular formula is C13H20N4O3S. The lowest BCUT2D eigenvalue weighted by Gasteiger charge is -2.13. The SMILES string of the molecule is CCC(C)Nc1cc(C(=O)NC2CCS(=O)(=O)C2)ncn1. The van der Waals surface area contributed by atoms with E-state index in [4.69, 9.17) is 0 Å². The monoisotopic (exact) mass is 312 g/mol. The molecule has 2 N–H and O–H groups in total. The minimum Gasteiger partial charge on any atom is -0.368 e. The molecule has 2 atom stereocenters. The van der Waals surface area contributed by atoms with Crippen LogP contribution in [0.4, 0.5) is 5.82 Å². The minimum atomic E-state index is -3.01. The molecule has 0 spiro atoms. The molecule has 116 valence electrons. The first-order valence-electron chi connectivity index (χ1n) is 6.99. The Bertz CT molecular complexity index is 618. The van der Waals surface area contributed by atoms with Crippen molar-refractivity contribution in [2.75, 3.05) is 16.8 Å². The van der Waals surface area contributed by atoms with Gasteiger partial charge in [0.1, 0.15) is 17.8 Å². The summed E-state index contributed by atoms with van der Waals surface area (Å²) >= 11 is 0. The third kappa shape index (κ3) is 4.38. The van der Waals surface area contributed by atoms with E-state index in [9.17, 15) is 13.2 Å². The molecule has 2 rings (SSSR count). The molecule has 0 bridgehead atoms. The Morgan fingerprint density at radius 3 is 2.86 bits per heavy atom. The Morgan fingerprint density at radius 1 is 1.48 bits per heavy atom. The van der Waals surface area contributed by atoms with Crippen molar-refractivity contribution in [2.24, 2.45) is 0 Å². The van der Waals surface area contributed by atoms with Gasteiger partial charge in [-0.3, -0.25) is 4.79 Å². The number of nitrogens with zero attached hydrogens (tertiary/aromatic N) is 2. The highest BCUT2D eigenvalue weighted by atomic mass is 32.2. The van der Waals surface area contributed by atoms with Crippen LogP contribution < -0.4 is 10.6 Å². The molecule has 1 saturated heterocycles. The van der Waals surface area contributed by atoms with Gasteiger partial charge in [-0.25, -0.2) is 18.4 Å². The van der Waals surface area contributed by atoms with Crippen molar-refractivity contribution >= 4 is 21.6 Å². The molecule has 1 aromatic rings. The molecule has 7 nitrogen and oxygen atoms in total. The van der Waals surface area contributed by atoms with Crippen LogP contribution in [0.1, 0.15) is 37.2 Å². The van der Waals surface area contributed by atoms with Gasteiger partial charge in [0.05, 0.1) is 11.5 Å². The van der Waals surface area contributed by atoms with Crippen molar-refractivity contribution in [3.05, 3.63) is 18.1 Å². The standard InChI is InChI=1S/C13H20N4O3S/c1-3-9(2)16-12-6-11(14-8-15-12)13(18)17-10-4-5-21(19,20)7-10/h6,8-10H,3-5,7H2,1-2H3,(H,17,18)(H,14,15,16). The van der Waals surface area contributed by atoms with Gasteiger partial charge in [0.15, 0.2) is 9.84 Å². The summed E-state index contributed by atoms with van der Waals surface area (Å²) in [7, 11) is -3.01. The van der Waals surface area contributed by atoms with Gasteiger partial charge in [-0.2, -0.15) is 0 Å². The molecule has 8 heteroatoms. The third-order valence-electron chi connectivity index (χ3n) is 3.47. The van der Waals surface area contributed by atoms with Gasteiger partial charge in [-0.05, 0) is 19.8 Å². The highest BCUT2D eigenvalue weighted by Gasteiger charge is 2.29. The average molecular weight is 312 g/mol. The fraction of sp³-hybridized carbons (Fsp3) is 0.615. The molecule has 21 heavy (non-hydrogen) atoms. The molecule has 2 heterocycles. The Balaban J connectivity index is 2.01. The number of anilines is 1. The molecule has 0 saturated carbocycles. The van der Waals surface area contributed by atoms with E-state index in [-0.39, 0.29) is 35.2 Å². The zero-order valence-electron chi connectivity index (χ0n) is 12.2. The van der Waals surface area contributed by atoms with Crippen LogP contribution in [0.2, 0.25) is 0 Å². The van der Waals surface area contributed by atoms with E-state index >= 15 is 0 Å². The van der Waals surface area contributed by atoms with Gasteiger partial charge in [0, 0.05) is 18.2 Å². The van der Waals surface area contributed by atoms with E-state index in [0.717, 1.165) is 6.42 Å². The second-order valence-electron chi connectivity index (χ2n) is 5.32. The molecule has 1 fully saturated rings. The predicted molar refractivity (Wildman–Crippen MR) is 79.9 cm³/mol. The van der Waals surface area contributed by atoms with E-state index in [1.165, 1.54) is 6.33 Å². The third-order valence-corrected chi connectivity index (χ3v) is 5.24. The average Bonchev–Trinajstić information content (AvgIpc) is 2.78. The summed E-state index contributed by atoms with van der Waals surface area (Å²) in [6.07, 6.45) is 2.72. The van der Waals surface area contributed by atoms with Crippen molar-refractivity contribution in [1.82, 2.24) is 15.3 Å². The van der Waals surface area contributed by atoms with Crippen molar-refractivity contribution < 1.29 is 13.2 Å². The summed E-state index contributed by atoms with van der Waals surface area (Å²) in [6.45, 7) is 4.07. The van der Waals surface area contributed by atoms with Crippen molar-refractivity contribution in [2.45, 2.75) is 38.8 Å². The quantitative estimate of drug-likeness (QED) is 0.826. The van der Waals surface area contributed by atoms with Crippen molar-refractivity contribution in [1.29, 1.82) is 0 Å². The first kappa shape index (κ1) is 15.7. The molecule has 0 aliphatic carbocycles. The number of carbonyl (C=O) groups is 1. The zero-order chi connectivity index (χ0) is 15.5. The van der Waals surface area contributed by atoms with Crippen molar-refractivity contribution in [3.8, 4) is 0 Å². The number of hydrogen-bond acceptors (Lipinski definition) is 6. The van der Waals surface area contributed by atoms with Gasteiger partial charge in [-0.1, -0.05) is 6.92 Å². The molecule has 1 amide bonds. The summed E-state index contributed by atoms with van der Waals surface area (Å²) in [5.74, 6) is 0.347. The van der Waals surface area contributed by atoms with Crippen LogP contribution in [0, 0.1) is 0 Å². The number of rotatable bonds is 5. The van der Waals surface area contributed by atoms with Crippen molar-refractivity contribution in [3.63, 3.8) is 0 Å². The Kier molecular flexibility index (Phi) is 4.76. The lowest BCUT2D eigenvalue weighted by molar-refractivity contribution is 0.0936. The van der Waals surface area contributed by atoms with Crippen LogP contribution in [0.5, 0.6) is 0 Å². The van der Waals surface area contributed by atoms with Gasteiger partial charge in [-0.15, -0.1) is 0 Å². The molecular weight excluding hydrogens is 292 g/mol. The first-order chi connectivity index (χ1) is 9.89. The molecule has 1 aromatic heterocycles. The van der Waals surface area contributed by atoms with E-state index in [0.29, 0.717) is 12.2 Å². The largest absolute Gasteiger partial charge is 0.368 e. The lowest BCUT2D eigenvalue weighted by Crippen LogP contribution is -2.36. The summed E-state index contributed by atoms with van der Waals surface area (Å²) in [5.41, 5.74) is 0.236. The maximum atomic E-state index is 12.1. The summed E-state index contributed by atoms with van der Waals surface area (Å²) in [5, 5.41) is 5.88. The predicted octanol–water partition coefficient (Wildman–Crippen LogP) is 0.604. The molecule has 2 unspecified atom stereocenters. The van der Waals surface area contributed by atoms with Crippen LogP contribution in [-0.2, 0) is 9.84 Å². The van der Waals surface area contributed by atoms with Crippen LogP contribution in [-0.4, -0.2) is 47.9 Å². The number of amides is 1. The Labute approximate surface area is 124 Å². The van der Waals surface area contributed by atoms with Gasteiger partial charge >= 0.3 is 0 Å². The lowest BCUT2D eigenvalue weighted by atomic mass is 10.2. The highest BCUT2D eigenvalue weighted by Crippen LogP contribution is 2.12. The number of nitrogens with one attached hydrogen (secondary N) is 2. The summed E-state index contributed by atoms with van der Waals surface area (Å²) in [4.78, 5) is 20.1. The van der Waals surface area contributed by atoms with Crippen LogP contribution in [0.25, 0.3) is 0 Å². The fourth-order valence-electron chi connectivity index (χ4n) is 2.08. The van der Waals surface area contributed by atoms with E-state index in [1.807, 2.05) is 13.8 Å². The first-order valence-corrected chi connectivity index (χ1v) is 8.81. The van der Waals surface area contributed by atoms with Crippen LogP contribution >= 0.6 is 0 Å². The van der Waals surface area contributed by atoms with Crippen LogP contribution in [0.15, 0.2) is 12.4 Å². The summed E-state index contributed by atoms with van der Waals surface area (Å²) in [6, 6.07) is 1.49. The zero-order valence-corrected chi connectivity index (χ0v) is 13.0. The number of aromatic nitrogens is 2.